The molecule has 0 saturated carbocycles. The average molecular weight is 426 g/mol. The number of nitro benzene ring substituents is 1. The molecule has 1 aromatic heterocycles. The minimum absolute atomic E-state index is 0.00145. The number of benzene rings is 2. The fourth-order valence-electron chi connectivity index (χ4n) is 3.17. The monoisotopic (exact) mass is 426 g/mol. The van der Waals surface area contributed by atoms with Gasteiger partial charge in [-0.15, -0.1) is 0 Å². The Morgan fingerprint density at radius 3 is 2.70 bits per heavy atom. The van der Waals surface area contributed by atoms with Crippen molar-refractivity contribution in [2.24, 2.45) is 4.99 Å². The van der Waals surface area contributed by atoms with Crippen LogP contribution in [0.1, 0.15) is 5.56 Å². The Bertz CT molecular complexity index is 1300. The summed E-state index contributed by atoms with van der Waals surface area (Å²) in [6.45, 7) is 0.589. The van der Waals surface area contributed by atoms with E-state index >= 15 is 0 Å². The standard InChI is InChI=1S/C20H18N4O5S/c1-28-16-7-6-13(8-17(16)29-2)9-18-19(25)23-12-22(11-21-20(23)30-18)14-4-3-5-15(10-14)24(26)27/h3-10H,11-12H2,1-2H3/b18-9-. The van der Waals surface area contributed by atoms with Gasteiger partial charge in [-0.3, -0.25) is 19.5 Å². The van der Waals surface area contributed by atoms with Crippen LogP contribution in [0.2, 0.25) is 0 Å². The first kappa shape index (κ1) is 19.6. The fraction of sp³-hybridized carbons (Fsp3) is 0.200. The zero-order valence-corrected chi connectivity index (χ0v) is 17.1. The molecule has 1 aliphatic heterocycles. The number of fused-ring (bicyclic) bond motifs is 1. The first-order chi connectivity index (χ1) is 14.5. The van der Waals surface area contributed by atoms with Crippen LogP contribution in [-0.4, -0.2) is 30.4 Å². The minimum atomic E-state index is -0.441. The number of nitrogens with zero attached hydrogens (tertiary/aromatic N) is 4. The molecule has 0 bridgehead atoms. The highest BCUT2D eigenvalue weighted by atomic mass is 32.1. The quantitative estimate of drug-likeness (QED) is 0.455. The Hall–Kier alpha value is -3.66. The predicted octanol–water partition coefficient (Wildman–Crippen LogP) is 1.72. The SMILES string of the molecule is COc1ccc(/C=c2\sc3n(c2=O)CN(c2cccc([N+](=O)[O-])c2)CN=3)cc1OC. The highest BCUT2D eigenvalue weighted by molar-refractivity contribution is 7.07. The Balaban J connectivity index is 1.68. The Kier molecular flexibility index (Phi) is 5.23. The van der Waals surface area contributed by atoms with Crippen molar-refractivity contribution in [3.63, 3.8) is 0 Å². The first-order valence-corrected chi connectivity index (χ1v) is 9.79. The van der Waals surface area contributed by atoms with Crippen molar-refractivity contribution < 1.29 is 14.4 Å². The lowest BCUT2D eigenvalue weighted by Crippen LogP contribution is -2.42. The van der Waals surface area contributed by atoms with E-state index in [9.17, 15) is 14.9 Å². The second kappa shape index (κ2) is 7.99. The summed E-state index contributed by atoms with van der Waals surface area (Å²) in [4.78, 5) is 30.5. The molecule has 0 fully saturated rings. The maximum absolute atomic E-state index is 12.9. The molecule has 0 unspecified atom stereocenters. The van der Waals surface area contributed by atoms with Gasteiger partial charge in [0.05, 0.1) is 23.7 Å². The molecule has 2 aromatic carbocycles. The maximum Gasteiger partial charge on any atom is 0.271 e. The summed E-state index contributed by atoms with van der Waals surface area (Å²) in [7, 11) is 3.12. The molecule has 2 heterocycles. The van der Waals surface area contributed by atoms with E-state index in [4.69, 9.17) is 9.47 Å². The van der Waals surface area contributed by atoms with Gasteiger partial charge in [0.2, 0.25) is 0 Å². The molecule has 3 aromatic rings. The van der Waals surface area contributed by atoms with E-state index in [-0.39, 0.29) is 17.9 Å². The van der Waals surface area contributed by atoms with Crippen LogP contribution in [0.15, 0.2) is 52.3 Å². The number of rotatable bonds is 5. The zero-order chi connectivity index (χ0) is 21.3. The number of hydrogen-bond acceptors (Lipinski definition) is 8. The molecular weight excluding hydrogens is 408 g/mol. The highest BCUT2D eigenvalue weighted by Crippen LogP contribution is 2.27. The van der Waals surface area contributed by atoms with E-state index < -0.39 is 4.92 Å². The summed E-state index contributed by atoms with van der Waals surface area (Å²) in [6.07, 6.45) is 1.79. The number of thiazole rings is 1. The number of nitro groups is 1. The van der Waals surface area contributed by atoms with E-state index in [1.54, 1.807) is 49.1 Å². The van der Waals surface area contributed by atoms with Gasteiger partial charge in [0.15, 0.2) is 16.3 Å². The lowest BCUT2D eigenvalue weighted by Gasteiger charge is -2.25. The fourth-order valence-corrected chi connectivity index (χ4v) is 4.13. The molecule has 4 rings (SSSR count). The van der Waals surface area contributed by atoms with Gasteiger partial charge < -0.3 is 14.4 Å². The number of methoxy groups -OCH3 is 2. The molecule has 0 atom stereocenters. The van der Waals surface area contributed by atoms with Gasteiger partial charge in [-0.25, -0.2) is 4.99 Å². The summed E-state index contributed by atoms with van der Waals surface area (Å²) in [5.41, 5.74) is 1.28. The first-order valence-electron chi connectivity index (χ1n) is 8.97. The topological polar surface area (TPSA) is 99.2 Å². The molecular formula is C20H18N4O5S. The number of aromatic nitrogens is 1. The third-order valence-corrected chi connectivity index (χ3v) is 5.73. The van der Waals surface area contributed by atoms with Crippen LogP contribution in [0, 0.1) is 10.1 Å². The third-order valence-electron chi connectivity index (χ3n) is 4.69. The smallest absolute Gasteiger partial charge is 0.271 e. The van der Waals surface area contributed by atoms with Crippen LogP contribution in [0.3, 0.4) is 0 Å². The van der Waals surface area contributed by atoms with Gasteiger partial charge >= 0.3 is 0 Å². The van der Waals surface area contributed by atoms with Crippen molar-refractivity contribution in [2.75, 3.05) is 25.8 Å². The lowest BCUT2D eigenvalue weighted by molar-refractivity contribution is -0.384. The van der Waals surface area contributed by atoms with Gasteiger partial charge in [0, 0.05) is 17.8 Å². The molecule has 0 N–H and O–H groups in total. The van der Waals surface area contributed by atoms with E-state index in [1.807, 2.05) is 11.0 Å². The summed E-state index contributed by atoms with van der Waals surface area (Å²) < 4.78 is 12.7. The number of hydrogen-bond donors (Lipinski definition) is 0. The number of ether oxygens (including phenoxy) is 2. The molecule has 10 heteroatoms. The largest absolute Gasteiger partial charge is 0.493 e. The summed E-state index contributed by atoms with van der Waals surface area (Å²) in [5, 5.41) is 11.0. The summed E-state index contributed by atoms with van der Waals surface area (Å²) in [6, 6.07) is 11.7. The van der Waals surface area contributed by atoms with Crippen molar-refractivity contribution >= 4 is 28.8 Å². The normalized spacial score (nSPS) is 13.5. The van der Waals surface area contributed by atoms with Crippen LogP contribution in [0.5, 0.6) is 11.5 Å². The van der Waals surface area contributed by atoms with E-state index in [0.717, 1.165) is 5.56 Å². The second-order valence-electron chi connectivity index (χ2n) is 6.50. The van der Waals surface area contributed by atoms with Crippen LogP contribution >= 0.6 is 11.3 Å². The second-order valence-corrected chi connectivity index (χ2v) is 7.51. The summed E-state index contributed by atoms with van der Waals surface area (Å²) >= 11 is 1.31. The summed E-state index contributed by atoms with van der Waals surface area (Å²) in [5.74, 6) is 1.19. The molecule has 0 radical (unpaired) electrons. The number of anilines is 1. The van der Waals surface area contributed by atoms with Crippen molar-refractivity contribution in [1.82, 2.24) is 4.57 Å². The molecule has 0 saturated heterocycles. The van der Waals surface area contributed by atoms with Crippen molar-refractivity contribution in [1.29, 1.82) is 0 Å². The van der Waals surface area contributed by atoms with Crippen LogP contribution < -0.4 is 29.3 Å². The molecule has 9 nitrogen and oxygen atoms in total. The van der Waals surface area contributed by atoms with Gasteiger partial charge in [-0.1, -0.05) is 23.5 Å². The molecule has 154 valence electrons. The van der Waals surface area contributed by atoms with Crippen molar-refractivity contribution in [2.45, 2.75) is 6.67 Å². The molecule has 0 aliphatic carbocycles. The van der Waals surface area contributed by atoms with Gasteiger partial charge in [-0.2, -0.15) is 0 Å². The van der Waals surface area contributed by atoms with E-state index in [1.165, 1.54) is 23.5 Å². The third kappa shape index (κ3) is 3.64. The number of non-ortho nitro benzene ring substituents is 1. The molecule has 0 amide bonds. The van der Waals surface area contributed by atoms with Gasteiger partial charge in [0.1, 0.15) is 13.3 Å². The Morgan fingerprint density at radius 2 is 1.97 bits per heavy atom. The molecule has 0 spiro atoms. The van der Waals surface area contributed by atoms with Gasteiger partial charge in [-0.05, 0) is 29.8 Å². The van der Waals surface area contributed by atoms with Crippen molar-refractivity contribution in [3.05, 3.63) is 77.8 Å². The average Bonchev–Trinajstić information content (AvgIpc) is 3.08. The van der Waals surface area contributed by atoms with Crippen LogP contribution in [0.4, 0.5) is 11.4 Å². The molecule has 1 aliphatic rings. The van der Waals surface area contributed by atoms with Crippen LogP contribution in [-0.2, 0) is 6.67 Å². The predicted molar refractivity (Wildman–Crippen MR) is 113 cm³/mol. The Labute approximate surface area is 174 Å². The Morgan fingerprint density at radius 1 is 1.17 bits per heavy atom. The van der Waals surface area contributed by atoms with Crippen LogP contribution in [0.25, 0.3) is 6.08 Å². The van der Waals surface area contributed by atoms with Crippen molar-refractivity contribution in [3.8, 4) is 11.5 Å². The minimum Gasteiger partial charge on any atom is -0.493 e. The molecule has 30 heavy (non-hydrogen) atoms. The van der Waals surface area contributed by atoms with Gasteiger partial charge in [0.25, 0.3) is 11.2 Å². The highest BCUT2D eigenvalue weighted by Gasteiger charge is 2.18. The van der Waals surface area contributed by atoms with E-state index in [0.29, 0.717) is 33.2 Å². The van der Waals surface area contributed by atoms with E-state index in [2.05, 4.69) is 4.99 Å². The maximum atomic E-state index is 12.9. The zero-order valence-electron chi connectivity index (χ0n) is 16.3. The lowest BCUT2D eigenvalue weighted by atomic mass is 10.2.